The molecule has 1 fully saturated rings. The molecule has 3 aliphatic carbocycles. The van der Waals surface area contributed by atoms with E-state index in [-0.39, 0.29) is 16.9 Å². The minimum Gasteiger partial charge on any atom is -0.511 e. The van der Waals surface area contributed by atoms with Crippen molar-refractivity contribution < 1.29 is 46.9 Å². The summed E-state index contributed by atoms with van der Waals surface area (Å²) in [4.78, 5) is 40.3. The predicted octanol–water partition coefficient (Wildman–Crippen LogP) is 0.0889. The SMILES string of the molecule is [2H]OC1=C(C(=O)N([2H])[2H])C(=O)[C@@]2(O[2H])C(=O)C3=C(O)c4c(O[2H])cccc4[C@@](C)(O[2H])C3([2H])CC2C1([2H])[2H]. The van der Waals surface area contributed by atoms with Crippen molar-refractivity contribution in [3.05, 3.63) is 46.2 Å². The van der Waals surface area contributed by atoms with Crippen LogP contribution in [0.5, 0.6) is 5.75 Å². The van der Waals surface area contributed by atoms with Gasteiger partial charge >= 0.3 is 0 Å². The minimum atomic E-state index is -3.25. The molecule has 0 bridgehead atoms. The summed E-state index contributed by atoms with van der Waals surface area (Å²) in [7, 11) is 0. The summed E-state index contributed by atoms with van der Waals surface area (Å²) in [5, 5.41) is 29.5. The Morgan fingerprint density at radius 3 is 2.83 bits per heavy atom. The van der Waals surface area contributed by atoms with E-state index in [4.69, 9.17) is 16.4 Å². The van der Waals surface area contributed by atoms with Crippen LogP contribution in [-0.2, 0) is 20.0 Å². The highest BCUT2D eigenvalue weighted by atomic mass is 16.3. The van der Waals surface area contributed by atoms with Gasteiger partial charge in [-0.15, -0.1) is 0 Å². The van der Waals surface area contributed by atoms with Crippen LogP contribution in [0, 0.1) is 11.8 Å². The number of carbonyl (C=O) groups excluding carboxylic acids is 3. The number of hydrogen-bond acceptors (Lipinski definition) is 8. The fraction of sp³-hybridized carbons (Fsp3) is 0.350. The average Bonchev–Trinajstić information content (AvgIpc) is 2.88. The van der Waals surface area contributed by atoms with Crippen LogP contribution in [0.4, 0.5) is 0 Å². The van der Waals surface area contributed by atoms with E-state index in [2.05, 4.69) is 15.3 Å². The molecular weight excluding hydrogens is 382 g/mol. The first-order valence-corrected chi connectivity index (χ1v) is 8.46. The number of phenols is 1. The van der Waals surface area contributed by atoms with Crippen LogP contribution in [0.2, 0.25) is 2.82 Å². The maximum atomic E-state index is 14.1. The van der Waals surface area contributed by atoms with Crippen molar-refractivity contribution in [2.75, 3.05) is 0 Å². The summed E-state index contributed by atoms with van der Waals surface area (Å²) in [6.07, 6.45) is -4.13. The minimum absolute atomic E-state index is 0.0919. The number of hydrogen-bond donors (Lipinski definition) is 6. The van der Waals surface area contributed by atoms with Gasteiger partial charge in [-0.1, -0.05) is 12.1 Å². The van der Waals surface area contributed by atoms with Gasteiger partial charge in [0, 0.05) is 27.9 Å². The van der Waals surface area contributed by atoms with E-state index in [1.54, 1.807) is 0 Å². The Bertz CT molecular complexity index is 1330. The number of rotatable bonds is 5. The molecule has 9 heteroatoms. The van der Waals surface area contributed by atoms with E-state index in [1.807, 2.05) is 0 Å². The lowest BCUT2D eigenvalue weighted by Gasteiger charge is -2.49. The number of ketones is 2. The molecule has 0 saturated heterocycles. The topological polar surface area (TPSA) is 178 Å². The summed E-state index contributed by atoms with van der Waals surface area (Å²) >= 11 is 0. The van der Waals surface area contributed by atoms with E-state index in [0.717, 1.165) is 0 Å². The molecule has 1 aromatic rings. The van der Waals surface area contributed by atoms with E-state index in [1.165, 1.54) is 25.1 Å². The van der Waals surface area contributed by atoms with Crippen LogP contribution in [0.3, 0.4) is 0 Å². The number of aliphatic hydroxyl groups is 4. The van der Waals surface area contributed by atoms with E-state index in [9.17, 15) is 20.9 Å². The first-order valence-electron chi connectivity index (χ1n) is 12.5. The summed E-state index contributed by atoms with van der Waals surface area (Å²) in [6.45, 7) is 1.18. The molecule has 1 saturated carbocycles. The molecule has 0 heterocycles. The third kappa shape index (κ3) is 2.19. The predicted molar refractivity (Wildman–Crippen MR) is 97.3 cm³/mol. The number of aliphatic hydroxyl groups excluding tert-OH is 2. The molecule has 0 radical (unpaired) electrons. The van der Waals surface area contributed by atoms with Crippen molar-refractivity contribution in [1.29, 1.82) is 5.72 Å². The normalized spacial score (nSPS) is 42.1. The van der Waals surface area contributed by atoms with Crippen LogP contribution < -0.4 is 5.72 Å². The molecule has 0 aromatic heterocycles. The molecule has 4 rings (SSSR count). The molecule has 1 amide bonds. The van der Waals surface area contributed by atoms with E-state index < -0.39 is 81.7 Å². The highest BCUT2D eigenvalue weighted by Gasteiger charge is 2.64. The number of benzene rings is 1. The largest absolute Gasteiger partial charge is 0.511 e. The summed E-state index contributed by atoms with van der Waals surface area (Å²) in [5.41, 5.74) is -8.87. The summed E-state index contributed by atoms with van der Waals surface area (Å²) < 4.78 is 71.1. The van der Waals surface area contributed by atoms with Gasteiger partial charge in [0.1, 0.15) is 22.8 Å². The van der Waals surface area contributed by atoms with Gasteiger partial charge in [0.05, 0.1) is 11.2 Å². The fourth-order valence-electron chi connectivity index (χ4n) is 4.20. The number of phenolic OH excluding ortho intramolecular Hbond substituents is 1. The second-order valence-electron chi connectivity index (χ2n) is 7.22. The van der Waals surface area contributed by atoms with Gasteiger partial charge in [-0.25, -0.2) is 0 Å². The highest BCUT2D eigenvalue weighted by molar-refractivity contribution is 6.32. The number of allylic oxidation sites excluding steroid dienone is 1. The zero-order chi connectivity index (χ0) is 28.6. The lowest BCUT2D eigenvalue weighted by molar-refractivity contribution is -0.162. The standard InChI is InChI=1S/C20H19NO8/c1-19(28)8-3-2-4-10(22)12(8)15(24)13-9(19)5-7-6-11(23)14(18(21)27)17(26)20(7,29)16(13)25/h2-4,7,9,22-24,28-29H,5-6H2,1H3,(H2,21,27)/t7?,9?,19-,20+/m1/s1/i6D2,9D,28D,29D/hD4. The Morgan fingerprint density at radius 1 is 1.34 bits per heavy atom. The lowest BCUT2D eigenvalue weighted by Crippen LogP contribution is -2.63. The van der Waals surface area contributed by atoms with Crippen molar-refractivity contribution in [3.8, 4) is 5.75 Å². The van der Waals surface area contributed by atoms with Gasteiger partial charge in [-0.3, -0.25) is 14.4 Å². The lowest BCUT2D eigenvalue weighted by atomic mass is 9.55. The molecule has 0 spiro atoms. The van der Waals surface area contributed by atoms with E-state index in [0.29, 0.717) is 0 Å². The monoisotopic (exact) mass is 410 g/mol. The number of carbonyl (C=O) groups is 3. The van der Waals surface area contributed by atoms with Crippen LogP contribution in [0.15, 0.2) is 35.1 Å². The first-order chi connectivity index (χ1) is 17.7. The maximum Gasteiger partial charge on any atom is 0.293 e. The van der Waals surface area contributed by atoms with Crippen molar-refractivity contribution in [2.45, 2.75) is 30.9 Å². The Hall–Kier alpha value is -3.17. The zero-order valence-electron chi connectivity index (χ0n) is 23.8. The van der Waals surface area contributed by atoms with Gasteiger partial charge in [-0.2, -0.15) is 0 Å². The molecular formula is C20H19NO8. The Balaban J connectivity index is 2.14. The van der Waals surface area contributed by atoms with Gasteiger partial charge in [0.2, 0.25) is 14.4 Å². The number of fused-ring (bicyclic) bond motifs is 3. The van der Waals surface area contributed by atoms with Gasteiger partial charge in [-0.05, 0) is 25.0 Å². The molecule has 9 nitrogen and oxygen atoms in total. The van der Waals surface area contributed by atoms with Crippen LogP contribution >= 0.6 is 0 Å². The molecule has 4 atom stereocenters. The zero-order valence-corrected chi connectivity index (χ0v) is 14.8. The molecule has 2 unspecified atom stereocenters. The molecule has 0 aliphatic heterocycles. The number of amides is 1. The number of nitrogens with two attached hydrogens (primary N) is 1. The fourth-order valence-corrected chi connectivity index (χ4v) is 4.20. The van der Waals surface area contributed by atoms with E-state index >= 15 is 0 Å². The van der Waals surface area contributed by atoms with Gasteiger partial charge in [0.25, 0.3) is 8.77 Å². The summed E-state index contributed by atoms with van der Waals surface area (Å²) in [5.74, 6) is -12.5. The number of Topliss-reactive ketones (excluding diaryl/α,β-unsaturated/α-hetero) is 2. The Kier molecular flexibility index (Phi) is 2.18. The number of primary amides is 1. The molecule has 1 aromatic carbocycles. The van der Waals surface area contributed by atoms with Crippen LogP contribution in [-0.4, -0.2) is 52.9 Å². The smallest absolute Gasteiger partial charge is 0.293 e. The van der Waals surface area contributed by atoms with Crippen LogP contribution in [0.25, 0.3) is 7.19 Å². The van der Waals surface area contributed by atoms with Crippen molar-refractivity contribution in [3.63, 3.8) is 0 Å². The molecule has 3 aliphatic rings. The average molecular weight is 410 g/mol. The summed E-state index contributed by atoms with van der Waals surface area (Å²) in [6, 6.07) is 3.89. The molecule has 152 valence electrons. The van der Waals surface area contributed by atoms with Gasteiger partial charge in [0.15, 0.2) is 8.42 Å². The Morgan fingerprint density at radius 2 is 2.17 bits per heavy atom. The first kappa shape index (κ1) is 11.1. The maximum absolute atomic E-state index is 14.1. The Labute approximate surface area is 177 Å². The highest BCUT2D eigenvalue weighted by Crippen LogP contribution is 2.56. The van der Waals surface area contributed by atoms with Crippen molar-refractivity contribution in [2.24, 2.45) is 17.5 Å². The van der Waals surface area contributed by atoms with Crippen molar-refractivity contribution in [1.82, 2.24) is 0 Å². The van der Waals surface area contributed by atoms with Crippen molar-refractivity contribution >= 4 is 23.2 Å². The molecule has 29 heavy (non-hydrogen) atoms. The third-order valence-corrected chi connectivity index (χ3v) is 5.67. The third-order valence-electron chi connectivity index (χ3n) is 5.67. The van der Waals surface area contributed by atoms with Crippen LogP contribution in [0.1, 0.15) is 35.0 Å². The quantitative estimate of drug-likeness (QED) is 0.292. The second-order valence-corrected chi connectivity index (χ2v) is 7.22. The second kappa shape index (κ2) is 5.68. The number of aromatic hydroxyl groups is 1. The molecule has 7 N–H and O–H groups in total. The van der Waals surface area contributed by atoms with Gasteiger partial charge < -0.3 is 31.3 Å².